The molecule has 1 unspecified atom stereocenters. The predicted molar refractivity (Wildman–Crippen MR) is 97.4 cm³/mol. The molecule has 4 nitrogen and oxygen atoms in total. The molecule has 126 valence electrons. The summed E-state index contributed by atoms with van der Waals surface area (Å²) < 4.78 is 5.49. The second-order valence-electron chi connectivity index (χ2n) is 5.77. The van der Waals surface area contributed by atoms with Crippen LogP contribution in [-0.4, -0.2) is 18.2 Å². The van der Waals surface area contributed by atoms with E-state index in [2.05, 4.69) is 24.4 Å². The van der Waals surface area contributed by atoms with Gasteiger partial charge in [0.05, 0.1) is 5.71 Å². The maximum absolute atomic E-state index is 11.8. The van der Waals surface area contributed by atoms with Crippen molar-refractivity contribution in [1.29, 1.82) is 0 Å². The molecule has 0 aromatic heterocycles. The Hall–Kier alpha value is -2.62. The van der Waals surface area contributed by atoms with Gasteiger partial charge in [-0.15, -0.1) is 0 Å². The van der Waals surface area contributed by atoms with Crippen molar-refractivity contribution < 1.29 is 9.53 Å². The van der Waals surface area contributed by atoms with Crippen molar-refractivity contribution in [2.45, 2.75) is 33.1 Å². The van der Waals surface area contributed by atoms with Gasteiger partial charge in [0.1, 0.15) is 5.75 Å². The zero-order valence-electron chi connectivity index (χ0n) is 14.5. The van der Waals surface area contributed by atoms with Crippen LogP contribution in [0.25, 0.3) is 0 Å². The third-order valence-corrected chi connectivity index (χ3v) is 3.97. The molecule has 2 aromatic rings. The fourth-order valence-corrected chi connectivity index (χ4v) is 2.20. The number of rotatable bonds is 7. The van der Waals surface area contributed by atoms with Gasteiger partial charge in [0.25, 0.3) is 5.91 Å². The average molecular weight is 324 g/mol. The highest BCUT2D eigenvalue weighted by molar-refractivity contribution is 5.99. The van der Waals surface area contributed by atoms with E-state index in [1.807, 2.05) is 61.5 Å². The lowest BCUT2D eigenvalue weighted by atomic mass is 9.99. The fraction of sp³-hybridized carbons (Fsp3) is 0.300. The molecule has 0 saturated carbocycles. The zero-order chi connectivity index (χ0) is 17.4. The number of carbonyl (C=O) groups is 1. The Morgan fingerprint density at radius 3 is 2.42 bits per heavy atom. The lowest BCUT2D eigenvalue weighted by Gasteiger charge is -2.10. The van der Waals surface area contributed by atoms with Gasteiger partial charge in [-0.2, -0.15) is 5.10 Å². The fourth-order valence-electron chi connectivity index (χ4n) is 2.20. The second-order valence-corrected chi connectivity index (χ2v) is 5.77. The first-order valence-electron chi connectivity index (χ1n) is 8.21. The highest BCUT2D eigenvalue weighted by Gasteiger charge is 2.05. The van der Waals surface area contributed by atoms with E-state index in [0.717, 1.165) is 17.7 Å². The van der Waals surface area contributed by atoms with Gasteiger partial charge in [-0.3, -0.25) is 4.79 Å². The first kappa shape index (κ1) is 17.7. The second kappa shape index (κ2) is 8.87. The molecule has 2 rings (SSSR count). The van der Waals surface area contributed by atoms with E-state index in [-0.39, 0.29) is 12.5 Å². The smallest absolute Gasteiger partial charge is 0.277 e. The number of hydrogen-bond acceptors (Lipinski definition) is 3. The van der Waals surface area contributed by atoms with E-state index in [1.54, 1.807) is 0 Å². The van der Waals surface area contributed by atoms with Gasteiger partial charge in [0.2, 0.25) is 0 Å². The van der Waals surface area contributed by atoms with E-state index in [0.29, 0.717) is 11.7 Å². The van der Waals surface area contributed by atoms with Crippen molar-refractivity contribution in [2.75, 3.05) is 6.61 Å². The molecular weight excluding hydrogens is 300 g/mol. The van der Waals surface area contributed by atoms with Gasteiger partial charge in [0, 0.05) is 0 Å². The predicted octanol–water partition coefficient (Wildman–Crippen LogP) is 4.12. The van der Waals surface area contributed by atoms with E-state index in [4.69, 9.17) is 4.74 Å². The van der Waals surface area contributed by atoms with E-state index in [9.17, 15) is 4.79 Å². The van der Waals surface area contributed by atoms with E-state index >= 15 is 0 Å². The van der Waals surface area contributed by atoms with E-state index < -0.39 is 0 Å². The highest BCUT2D eigenvalue weighted by atomic mass is 16.5. The number of ether oxygens (including phenoxy) is 1. The summed E-state index contributed by atoms with van der Waals surface area (Å²) in [5, 5.41) is 4.09. The first-order valence-corrected chi connectivity index (χ1v) is 8.21. The molecule has 0 bridgehead atoms. The Kier molecular flexibility index (Phi) is 6.55. The normalized spacial score (nSPS) is 12.5. The van der Waals surface area contributed by atoms with Gasteiger partial charge < -0.3 is 4.74 Å². The Morgan fingerprint density at radius 2 is 1.79 bits per heavy atom. The van der Waals surface area contributed by atoms with E-state index in [1.165, 1.54) is 5.56 Å². The largest absolute Gasteiger partial charge is 0.484 e. The zero-order valence-corrected chi connectivity index (χ0v) is 14.5. The number of carbonyl (C=O) groups excluding carboxylic acids is 1. The van der Waals surface area contributed by atoms with Crippen LogP contribution < -0.4 is 10.2 Å². The third kappa shape index (κ3) is 5.23. The summed E-state index contributed by atoms with van der Waals surface area (Å²) in [5.41, 5.74) is 5.51. The number of amides is 1. The van der Waals surface area contributed by atoms with Gasteiger partial charge in [-0.1, -0.05) is 56.3 Å². The molecule has 1 amide bonds. The molecule has 1 N–H and O–H groups in total. The van der Waals surface area contributed by atoms with Gasteiger partial charge >= 0.3 is 0 Å². The van der Waals surface area contributed by atoms with Crippen LogP contribution in [0.1, 0.15) is 44.2 Å². The van der Waals surface area contributed by atoms with Crippen molar-refractivity contribution in [2.24, 2.45) is 5.10 Å². The lowest BCUT2D eigenvalue weighted by Crippen LogP contribution is -2.25. The van der Waals surface area contributed by atoms with Crippen LogP contribution in [0.2, 0.25) is 0 Å². The molecule has 0 fully saturated rings. The van der Waals surface area contributed by atoms with Crippen LogP contribution in [0.5, 0.6) is 5.75 Å². The minimum absolute atomic E-state index is 0.0613. The minimum atomic E-state index is -0.281. The third-order valence-electron chi connectivity index (χ3n) is 3.97. The Morgan fingerprint density at radius 1 is 1.12 bits per heavy atom. The Labute approximate surface area is 143 Å². The maximum Gasteiger partial charge on any atom is 0.277 e. The first-order chi connectivity index (χ1) is 11.6. The molecule has 0 radical (unpaired) electrons. The molecule has 0 heterocycles. The molecule has 0 aliphatic rings. The standard InChI is InChI=1S/C20H24N2O2/c1-4-15(2)17-10-12-19(13-11-17)24-14-20(23)22-21-16(3)18-8-6-5-7-9-18/h5-13,15H,4,14H2,1-3H3,(H,22,23)/b21-16+. The lowest BCUT2D eigenvalue weighted by molar-refractivity contribution is -0.123. The highest BCUT2D eigenvalue weighted by Crippen LogP contribution is 2.21. The topological polar surface area (TPSA) is 50.7 Å². The number of benzene rings is 2. The SMILES string of the molecule is CCC(C)c1ccc(OCC(=O)N/N=C(\C)c2ccccc2)cc1. The molecule has 0 spiro atoms. The number of nitrogens with one attached hydrogen (secondary N) is 1. The van der Waals surface area contributed by atoms with Crippen LogP contribution in [-0.2, 0) is 4.79 Å². The van der Waals surface area contributed by atoms with Crippen molar-refractivity contribution in [3.05, 3.63) is 65.7 Å². The van der Waals surface area contributed by atoms with Crippen molar-refractivity contribution in [1.82, 2.24) is 5.43 Å². The quantitative estimate of drug-likeness (QED) is 0.615. The molecule has 4 heteroatoms. The van der Waals surface area contributed by atoms with Crippen LogP contribution >= 0.6 is 0 Å². The summed E-state index contributed by atoms with van der Waals surface area (Å²) in [5.74, 6) is 0.926. The molecule has 24 heavy (non-hydrogen) atoms. The minimum Gasteiger partial charge on any atom is -0.484 e. The summed E-state index contributed by atoms with van der Waals surface area (Å²) in [6, 6.07) is 17.6. The molecule has 0 saturated heterocycles. The molecular formula is C20H24N2O2. The summed E-state index contributed by atoms with van der Waals surface area (Å²) >= 11 is 0. The van der Waals surface area contributed by atoms with Gasteiger partial charge in [0.15, 0.2) is 6.61 Å². The maximum atomic E-state index is 11.8. The Bertz CT molecular complexity index is 679. The van der Waals surface area contributed by atoms with Gasteiger partial charge in [-0.25, -0.2) is 5.43 Å². The monoisotopic (exact) mass is 324 g/mol. The van der Waals surface area contributed by atoms with Crippen molar-refractivity contribution in [3.63, 3.8) is 0 Å². The molecule has 1 atom stereocenters. The summed E-state index contributed by atoms with van der Waals surface area (Å²) in [6.45, 7) is 6.14. The van der Waals surface area contributed by atoms with Crippen molar-refractivity contribution >= 4 is 11.6 Å². The molecule has 2 aromatic carbocycles. The van der Waals surface area contributed by atoms with Crippen LogP contribution in [0.15, 0.2) is 59.7 Å². The average Bonchev–Trinajstić information content (AvgIpc) is 2.64. The number of nitrogens with zero attached hydrogens (tertiary/aromatic N) is 1. The molecule has 0 aliphatic carbocycles. The summed E-state index contributed by atoms with van der Waals surface area (Å²) in [4.78, 5) is 11.8. The summed E-state index contributed by atoms with van der Waals surface area (Å²) in [7, 11) is 0. The van der Waals surface area contributed by atoms with Gasteiger partial charge in [-0.05, 0) is 42.5 Å². The van der Waals surface area contributed by atoms with Crippen molar-refractivity contribution in [3.8, 4) is 5.75 Å². The Balaban J connectivity index is 1.83. The van der Waals surface area contributed by atoms with Crippen LogP contribution in [0.4, 0.5) is 0 Å². The van der Waals surface area contributed by atoms with Crippen LogP contribution in [0.3, 0.4) is 0 Å². The van der Waals surface area contributed by atoms with Crippen LogP contribution in [0, 0.1) is 0 Å². The molecule has 0 aliphatic heterocycles. The summed E-state index contributed by atoms with van der Waals surface area (Å²) in [6.07, 6.45) is 1.10. The number of hydrogen-bond donors (Lipinski definition) is 1. The number of hydrazone groups is 1.